The summed E-state index contributed by atoms with van der Waals surface area (Å²) in [7, 11) is -4.14. The second-order valence-electron chi connectivity index (χ2n) is 6.11. The number of nitrogens with two attached hydrogens (primary N) is 1. The molecular weight excluding hydrogens is 366 g/mol. The summed E-state index contributed by atoms with van der Waals surface area (Å²) in [5.41, 5.74) is -0.0690. The molecule has 140 valence electrons. The zero-order valence-electron chi connectivity index (χ0n) is 14.6. The van der Waals surface area contributed by atoms with Gasteiger partial charge in [-0.25, -0.2) is 18.4 Å². The Balaban J connectivity index is 2.28. The van der Waals surface area contributed by atoms with Crippen LogP contribution >= 0.6 is 0 Å². The first-order chi connectivity index (χ1) is 12.8. The van der Waals surface area contributed by atoms with E-state index in [1.807, 2.05) is 0 Å². The molecule has 0 aliphatic heterocycles. The van der Waals surface area contributed by atoms with E-state index in [4.69, 9.17) is 9.56 Å². The topological polar surface area (TPSA) is 111 Å². The number of primary sulfonamides is 1. The third-order valence-corrected chi connectivity index (χ3v) is 5.42. The zero-order chi connectivity index (χ0) is 19.6. The summed E-state index contributed by atoms with van der Waals surface area (Å²) in [5.74, 6) is -1.24. The Labute approximate surface area is 156 Å². The van der Waals surface area contributed by atoms with Crippen molar-refractivity contribution in [3.05, 3.63) is 81.0 Å². The zero-order valence-corrected chi connectivity index (χ0v) is 15.4. The van der Waals surface area contributed by atoms with E-state index >= 15 is 0 Å². The first-order valence-corrected chi connectivity index (χ1v) is 9.91. The molecule has 0 aliphatic rings. The van der Waals surface area contributed by atoms with Crippen molar-refractivity contribution in [1.29, 1.82) is 0 Å². The molecule has 7 heteroatoms. The average Bonchev–Trinajstić information content (AvgIpc) is 2.63. The molecule has 0 aliphatic carbocycles. The van der Waals surface area contributed by atoms with E-state index in [9.17, 15) is 18.3 Å². The summed E-state index contributed by atoms with van der Waals surface area (Å²) < 4.78 is 29.9. The van der Waals surface area contributed by atoms with E-state index in [0.717, 1.165) is 0 Å². The average molecular weight is 385 g/mol. The van der Waals surface area contributed by atoms with E-state index in [-0.39, 0.29) is 28.2 Å². The lowest BCUT2D eigenvalue weighted by Gasteiger charge is -2.18. The Hall–Kier alpha value is -2.90. The smallest absolute Gasteiger partial charge is 0.343 e. The standard InChI is InChI=1S/C20H19NO5S/c1-2-14(17(27(21,24)25)12-13-8-4-3-5-9-13)18-19(22)15-10-6-7-11-16(15)26-20(18)23/h3-12,14,22H,2H2,1H3,(H2,21,24,25). The summed E-state index contributed by atoms with van der Waals surface area (Å²) in [4.78, 5) is 12.4. The first-order valence-electron chi connectivity index (χ1n) is 8.37. The van der Waals surface area contributed by atoms with Crippen LogP contribution in [0.4, 0.5) is 0 Å². The number of rotatable bonds is 5. The molecule has 2 aromatic carbocycles. The summed E-state index contributed by atoms with van der Waals surface area (Å²) in [6.45, 7) is 1.71. The maximum Gasteiger partial charge on any atom is 0.343 e. The third-order valence-electron chi connectivity index (χ3n) is 4.36. The van der Waals surface area contributed by atoms with Crippen LogP contribution in [0.15, 0.2) is 68.7 Å². The van der Waals surface area contributed by atoms with Crippen LogP contribution in [0.3, 0.4) is 0 Å². The summed E-state index contributed by atoms with van der Waals surface area (Å²) in [6.07, 6.45) is 1.64. The van der Waals surface area contributed by atoms with Gasteiger partial charge < -0.3 is 9.52 Å². The van der Waals surface area contributed by atoms with E-state index in [1.54, 1.807) is 61.5 Å². The van der Waals surface area contributed by atoms with Gasteiger partial charge in [0.05, 0.1) is 15.9 Å². The summed E-state index contributed by atoms with van der Waals surface area (Å²) >= 11 is 0. The molecule has 3 rings (SSSR count). The van der Waals surface area contributed by atoms with Crippen LogP contribution in [0, 0.1) is 0 Å². The predicted octanol–water partition coefficient (Wildman–Crippen LogP) is 3.32. The minimum atomic E-state index is -4.14. The van der Waals surface area contributed by atoms with E-state index < -0.39 is 21.6 Å². The van der Waals surface area contributed by atoms with E-state index in [0.29, 0.717) is 10.9 Å². The van der Waals surface area contributed by atoms with E-state index in [2.05, 4.69) is 0 Å². The van der Waals surface area contributed by atoms with Gasteiger partial charge in [-0.1, -0.05) is 49.4 Å². The van der Waals surface area contributed by atoms with E-state index in [1.165, 1.54) is 6.08 Å². The number of fused-ring (bicyclic) bond motifs is 1. The van der Waals surface area contributed by atoms with Gasteiger partial charge in [-0.2, -0.15) is 0 Å². The molecule has 1 heterocycles. The second-order valence-corrected chi connectivity index (χ2v) is 7.67. The molecule has 27 heavy (non-hydrogen) atoms. The quantitative estimate of drug-likeness (QED) is 0.655. The molecule has 0 radical (unpaired) electrons. The number of benzene rings is 2. The Morgan fingerprint density at radius 3 is 2.41 bits per heavy atom. The Morgan fingerprint density at radius 2 is 1.78 bits per heavy atom. The molecule has 0 spiro atoms. The van der Waals surface area contributed by atoms with Gasteiger partial charge in [-0.3, -0.25) is 0 Å². The highest BCUT2D eigenvalue weighted by Gasteiger charge is 2.30. The summed E-state index contributed by atoms with van der Waals surface area (Å²) in [5, 5.41) is 16.5. The fraction of sp³-hybridized carbons (Fsp3) is 0.150. The van der Waals surface area contributed by atoms with Crippen LogP contribution < -0.4 is 10.8 Å². The number of hydrogen-bond donors (Lipinski definition) is 2. The van der Waals surface area contributed by atoms with Crippen LogP contribution in [-0.4, -0.2) is 13.5 Å². The van der Waals surface area contributed by atoms with Gasteiger partial charge in [0.15, 0.2) is 0 Å². The number of aromatic hydroxyl groups is 1. The molecule has 0 amide bonds. The SMILES string of the molecule is CCC(C(=Cc1ccccc1)S(N)(=O)=O)c1c(O)c2ccccc2oc1=O. The molecule has 3 N–H and O–H groups in total. The van der Waals surface area contributed by atoms with Gasteiger partial charge in [0.1, 0.15) is 11.3 Å². The molecule has 3 aromatic rings. The van der Waals surface area contributed by atoms with Crippen molar-refractivity contribution in [3.63, 3.8) is 0 Å². The van der Waals surface area contributed by atoms with Gasteiger partial charge in [0, 0.05) is 5.92 Å². The maximum atomic E-state index is 12.5. The van der Waals surface area contributed by atoms with Gasteiger partial charge in [0.25, 0.3) is 0 Å². The Morgan fingerprint density at radius 1 is 1.15 bits per heavy atom. The van der Waals surface area contributed by atoms with Crippen molar-refractivity contribution in [1.82, 2.24) is 0 Å². The molecule has 6 nitrogen and oxygen atoms in total. The number of allylic oxidation sites excluding steroid dienone is 1. The lowest BCUT2D eigenvalue weighted by molar-refractivity contribution is 0.450. The van der Waals surface area contributed by atoms with Crippen molar-refractivity contribution >= 4 is 27.1 Å². The molecule has 0 bridgehead atoms. The molecule has 1 aromatic heterocycles. The highest BCUT2D eigenvalue weighted by Crippen LogP contribution is 2.37. The predicted molar refractivity (Wildman–Crippen MR) is 105 cm³/mol. The molecule has 0 saturated carbocycles. The molecular formula is C20H19NO5S. The van der Waals surface area contributed by atoms with Crippen molar-refractivity contribution in [2.45, 2.75) is 19.3 Å². The van der Waals surface area contributed by atoms with Crippen LogP contribution in [0.1, 0.15) is 30.4 Å². The maximum absolute atomic E-state index is 12.5. The third kappa shape index (κ3) is 3.79. The highest BCUT2D eigenvalue weighted by atomic mass is 32.2. The van der Waals surface area contributed by atoms with Crippen LogP contribution in [-0.2, 0) is 10.0 Å². The Bertz CT molecular complexity index is 1160. The number of sulfonamides is 1. The monoisotopic (exact) mass is 385 g/mol. The highest BCUT2D eigenvalue weighted by molar-refractivity contribution is 7.93. The van der Waals surface area contributed by atoms with Gasteiger partial charge in [-0.05, 0) is 30.2 Å². The lowest BCUT2D eigenvalue weighted by atomic mass is 9.94. The van der Waals surface area contributed by atoms with Gasteiger partial charge in [-0.15, -0.1) is 0 Å². The van der Waals surface area contributed by atoms with Crippen molar-refractivity contribution in [2.75, 3.05) is 0 Å². The molecule has 1 atom stereocenters. The minimum Gasteiger partial charge on any atom is -0.507 e. The van der Waals surface area contributed by atoms with Crippen molar-refractivity contribution in [2.24, 2.45) is 5.14 Å². The number of para-hydroxylation sites is 1. The minimum absolute atomic E-state index is 0.118. The van der Waals surface area contributed by atoms with Crippen LogP contribution in [0.5, 0.6) is 5.75 Å². The first kappa shape index (κ1) is 18.9. The number of hydrogen-bond acceptors (Lipinski definition) is 5. The second kappa shape index (κ2) is 7.38. The normalized spacial score (nSPS) is 13.6. The van der Waals surface area contributed by atoms with Crippen LogP contribution in [0.25, 0.3) is 17.0 Å². The molecule has 1 unspecified atom stereocenters. The van der Waals surface area contributed by atoms with Gasteiger partial charge in [0.2, 0.25) is 10.0 Å². The summed E-state index contributed by atoms with van der Waals surface area (Å²) in [6, 6.07) is 15.3. The van der Waals surface area contributed by atoms with Crippen molar-refractivity contribution < 1.29 is 17.9 Å². The largest absolute Gasteiger partial charge is 0.507 e. The van der Waals surface area contributed by atoms with Crippen LogP contribution in [0.2, 0.25) is 0 Å². The lowest BCUT2D eigenvalue weighted by Crippen LogP contribution is -2.23. The fourth-order valence-corrected chi connectivity index (χ4v) is 4.08. The van der Waals surface area contributed by atoms with Crippen molar-refractivity contribution in [3.8, 4) is 5.75 Å². The Kier molecular flexibility index (Phi) is 5.16. The van der Waals surface area contributed by atoms with Gasteiger partial charge >= 0.3 is 5.63 Å². The fourth-order valence-electron chi connectivity index (χ4n) is 3.10. The molecule has 0 fully saturated rings. The molecule has 0 saturated heterocycles.